The van der Waals surface area contributed by atoms with Gasteiger partial charge in [-0.3, -0.25) is 19.2 Å². The van der Waals surface area contributed by atoms with Gasteiger partial charge in [-0.15, -0.1) is 0 Å². The first-order chi connectivity index (χ1) is 31.8. The van der Waals surface area contributed by atoms with E-state index in [1.165, 1.54) is 16.9 Å². The minimum atomic E-state index is -1.06. The normalized spacial score (nSPS) is 16.8. The third-order valence-corrected chi connectivity index (χ3v) is 16.5. The number of rotatable bonds is 22. The van der Waals surface area contributed by atoms with Gasteiger partial charge in [0.05, 0.1) is 34.7 Å². The highest BCUT2D eigenvalue weighted by Gasteiger charge is 2.47. The fourth-order valence-electron chi connectivity index (χ4n) is 7.55. The molecule has 0 aliphatic carbocycles. The minimum Gasteiger partial charge on any atom is -0.462 e. The number of amides is 2. The van der Waals surface area contributed by atoms with Crippen LogP contribution in [0.2, 0.25) is 0 Å². The van der Waals surface area contributed by atoms with E-state index in [0.717, 1.165) is 72.7 Å². The Kier molecular flexibility index (Phi) is 20.7. The highest BCUT2D eigenvalue weighted by atomic mass is 32.2. The Bertz CT molecular complexity index is 2180. The van der Waals surface area contributed by atoms with Gasteiger partial charge in [0.25, 0.3) is 11.8 Å². The number of hydrazine groups is 1. The van der Waals surface area contributed by atoms with Crippen molar-refractivity contribution in [3.8, 4) is 11.5 Å². The van der Waals surface area contributed by atoms with Crippen molar-refractivity contribution in [1.82, 2.24) is 10.0 Å². The number of hydrogen-bond donors (Lipinski definition) is 0. The van der Waals surface area contributed by atoms with Gasteiger partial charge in [0.2, 0.25) is 0 Å². The molecule has 1 saturated heterocycles. The largest absolute Gasteiger partial charge is 0.462 e. The molecule has 376 valence electrons. The number of carbonyl (C=O) groups is 7. The molecule has 18 heteroatoms. The molecule has 1 aromatic carbocycles. The molecule has 0 radical (unpaired) electrons. The molecule has 0 aromatic heterocycles. The van der Waals surface area contributed by atoms with Crippen LogP contribution in [0.5, 0.6) is 11.5 Å². The molecule has 2 amide bonds. The van der Waals surface area contributed by atoms with E-state index in [0.29, 0.717) is 40.0 Å². The molecule has 3 heterocycles. The summed E-state index contributed by atoms with van der Waals surface area (Å²) < 4.78 is 29.0. The molecule has 3 atom stereocenters. The summed E-state index contributed by atoms with van der Waals surface area (Å²) in [4.78, 5) is 97.6. The number of hydrogen-bond acceptors (Lipinski definition) is 16. The second-order valence-electron chi connectivity index (χ2n) is 19.9. The number of fused-ring (bicyclic) bond motifs is 2. The molecule has 1 aromatic rings. The Morgan fingerprint density at radius 2 is 1.09 bits per heavy atom. The summed E-state index contributed by atoms with van der Waals surface area (Å²) >= 11 is 4.05. The molecule has 3 unspecified atom stereocenters. The number of ether oxygens (including phenoxy) is 5. The maximum absolute atomic E-state index is 14.3. The first-order valence-electron chi connectivity index (χ1n) is 23.5. The van der Waals surface area contributed by atoms with Crippen molar-refractivity contribution in [3.05, 3.63) is 31.8 Å². The maximum atomic E-state index is 14.3. The Morgan fingerprint density at radius 1 is 0.647 bits per heavy atom. The van der Waals surface area contributed by atoms with Crippen LogP contribution in [0, 0.1) is 28.6 Å². The SMILES string of the molecule is C=C(C)C(=O)OCCOC(=O)/C(C(=O)OCC)=C1/Sc2c(OC(=O)CC(C)CC(C)C(C)(C)C)c3c(c(OC(=O)CC(C)CC(C)(C)C)c2S1)SC(=C1C(=O)N(CCCC)N(CCCC)C1=O)S3. The number of benzene rings is 1. The van der Waals surface area contributed by atoms with E-state index in [9.17, 15) is 33.6 Å². The van der Waals surface area contributed by atoms with Crippen LogP contribution in [0.15, 0.2) is 51.4 Å². The second kappa shape index (κ2) is 24.8. The molecule has 4 rings (SSSR count). The summed E-state index contributed by atoms with van der Waals surface area (Å²) in [5.41, 5.74) is -0.400. The van der Waals surface area contributed by atoms with Gasteiger partial charge in [-0.05, 0) is 68.1 Å². The van der Waals surface area contributed by atoms with Gasteiger partial charge in [-0.2, -0.15) is 0 Å². The molecule has 68 heavy (non-hydrogen) atoms. The van der Waals surface area contributed by atoms with E-state index in [2.05, 4.69) is 55.0 Å². The molecule has 0 N–H and O–H groups in total. The average molecular weight is 1020 g/mol. The predicted octanol–water partition coefficient (Wildman–Crippen LogP) is 11.3. The van der Waals surface area contributed by atoms with Crippen LogP contribution in [-0.2, 0) is 47.8 Å². The lowest BCUT2D eigenvalue weighted by atomic mass is 9.77. The number of carbonyl (C=O) groups excluding carboxylic acids is 7. The summed E-state index contributed by atoms with van der Waals surface area (Å²) in [7, 11) is 0. The van der Waals surface area contributed by atoms with E-state index in [-0.39, 0.29) is 97.9 Å². The highest BCUT2D eigenvalue weighted by Crippen LogP contribution is 2.69. The van der Waals surface area contributed by atoms with Gasteiger partial charge in [0, 0.05) is 31.5 Å². The lowest BCUT2D eigenvalue weighted by molar-refractivity contribution is -0.151. The summed E-state index contributed by atoms with van der Waals surface area (Å²) in [5, 5.41) is 3.02. The van der Waals surface area contributed by atoms with Crippen LogP contribution in [0.3, 0.4) is 0 Å². The van der Waals surface area contributed by atoms with E-state index in [1.807, 2.05) is 27.7 Å². The van der Waals surface area contributed by atoms with Crippen LogP contribution in [-0.4, -0.2) is 84.6 Å². The fraction of sp³-hybridized carbons (Fsp3) is 0.620. The fourth-order valence-corrected chi connectivity index (χ4v) is 13.0. The monoisotopic (exact) mass is 1020 g/mol. The van der Waals surface area contributed by atoms with E-state index in [1.54, 1.807) is 6.92 Å². The van der Waals surface area contributed by atoms with Crippen molar-refractivity contribution in [2.45, 2.75) is 161 Å². The first kappa shape index (κ1) is 56.7. The van der Waals surface area contributed by atoms with Gasteiger partial charge in [-0.1, -0.05) is 143 Å². The zero-order valence-electron chi connectivity index (χ0n) is 42.1. The van der Waals surface area contributed by atoms with Crippen LogP contribution in [0.4, 0.5) is 0 Å². The van der Waals surface area contributed by atoms with Crippen LogP contribution < -0.4 is 9.47 Å². The molecule has 14 nitrogen and oxygen atoms in total. The summed E-state index contributed by atoms with van der Waals surface area (Å²) in [5.74, 6) is -4.40. The molecular weight excluding hydrogens is 949 g/mol. The Labute approximate surface area is 419 Å². The van der Waals surface area contributed by atoms with Crippen LogP contribution in [0.1, 0.15) is 141 Å². The Hall–Kier alpha value is -3.87. The molecule has 0 bridgehead atoms. The van der Waals surface area contributed by atoms with Crippen molar-refractivity contribution in [2.24, 2.45) is 28.6 Å². The quantitative estimate of drug-likeness (QED) is 0.0204. The van der Waals surface area contributed by atoms with Crippen LogP contribution in [0.25, 0.3) is 0 Å². The molecule has 0 saturated carbocycles. The van der Waals surface area contributed by atoms with Gasteiger partial charge in [-0.25, -0.2) is 24.4 Å². The molecule has 0 spiro atoms. The number of unbranched alkanes of at least 4 members (excludes halogenated alkanes) is 2. The molecular formula is C50H70N2O12S4. The third-order valence-electron chi connectivity index (χ3n) is 11.3. The minimum absolute atomic E-state index is 0.00614. The van der Waals surface area contributed by atoms with E-state index < -0.39 is 47.2 Å². The average Bonchev–Trinajstić information content (AvgIpc) is 3.92. The molecule has 1 fully saturated rings. The Morgan fingerprint density at radius 3 is 1.51 bits per heavy atom. The summed E-state index contributed by atoms with van der Waals surface area (Å²) in [6.45, 7) is 29.4. The number of esters is 5. The van der Waals surface area contributed by atoms with Crippen LogP contribution >= 0.6 is 47.0 Å². The van der Waals surface area contributed by atoms with E-state index >= 15 is 0 Å². The number of nitrogens with zero attached hydrogens (tertiary/aromatic N) is 2. The molecule has 3 aliphatic rings. The smallest absolute Gasteiger partial charge is 0.347 e. The molecule has 3 aliphatic heterocycles. The van der Waals surface area contributed by atoms with Gasteiger partial charge in [0.15, 0.2) is 17.1 Å². The number of thioether (sulfide) groups is 4. The van der Waals surface area contributed by atoms with Crippen molar-refractivity contribution in [3.63, 3.8) is 0 Å². The lowest BCUT2D eigenvalue weighted by Gasteiger charge is -2.29. The summed E-state index contributed by atoms with van der Waals surface area (Å²) in [6, 6.07) is 0. The maximum Gasteiger partial charge on any atom is 0.347 e. The highest BCUT2D eigenvalue weighted by molar-refractivity contribution is 8.26. The lowest BCUT2D eigenvalue weighted by Crippen LogP contribution is -2.42. The van der Waals surface area contributed by atoms with Gasteiger partial charge < -0.3 is 23.7 Å². The van der Waals surface area contributed by atoms with Crippen molar-refractivity contribution in [1.29, 1.82) is 0 Å². The summed E-state index contributed by atoms with van der Waals surface area (Å²) in [6.07, 6.45) is 4.58. The zero-order chi connectivity index (χ0) is 50.8. The second-order valence-corrected chi connectivity index (χ2v) is 24.5. The zero-order valence-corrected chi connectivity index (χ0v) is 45.3. The van der Waals surface area contributed by atoms with Crippen molar-refractivity contribution < 1.29 is 57.2 Å². The van der Waals surface area contributed by atoms with E-state index in [4.69, 9.17) is 23.7 Å². The topological polar surface area (TPSA) is 172 Å². The van der Waals surface area contributed by atoms with Crippen molar-refractivity contribution in [2.75, 3.05) is 32.9 Å². The predicted molar refractivity (Wildman–Crippen MR) is 267 cm³/mol. The first-order valence-corrected chi connectivity index (χ1v) is 26.7. The Balaban J connectivity index is 1.94. The van der Waals surface area contributed by atoms with Gasteiger partial charge in [0.1, 0.15) is 18.8 Å². The third kappa shape index (κ3) is 14.8. The standard InChI is InChI=1S/C50H70N2O12S4/c1-15-18-20-51-42(55)34(43(56)52(51)21-19-16-2)47-65-38-36(63-32(53)25-29(6)24-31(8)50(12,13)14)40-41(37(39(38)66-47)64-33(54)26-30(7)27-49(9,10)11)68-48(67-40)35(45(58)60-17-3)46(59)62-23-22-61-44(57)28(4)5/h29-31H,4,15-27H2,1-3,5-14H3/b48-35-. The van der Waals surface area contributed by atoms with Crippen molar-refractivity contribution >= 4 is 88.7 Å². The van der Waals surface area contributed by atoms with Gasteiger partial charge >= 0.3 is 29.8 Å².